The molecule has 2 aromatic rings. The van der Waals surface area contributed by atoms with Gasteiger partial charge < -0.3 is 20.1 Å². The van der Waals surface area contributed by atoms with E-state index < -0.39 is 17.5 Å². The van der Waals surface area contributed by atoms with Gasteiger partial charge in [-0.05, 0) is 41.5 Å². The van der Waals surface area contributed by atoms with Crippen LogP contribution in [0, 0.1) is 5.41 Å². The lowest BCUT2D eigenvalue weighted by Crippen LogP contribution is -2.43. The Morgan fingerprint density at radius 1 is 1.03 bits per heavy atom. The molecule has 1 aliphatic rings. The number of carbonyl (C=O) groups is 3. The second kappa shape index (κ2) is 10.7. The number of amides is 2. The summed E-state index contributed by atoms with van der Waals surface area (Å²) in [6, 6.07) is 16.2. The maximum Gasteiger partial charge on any atom is 0.407 e. The van der Waals surface area contributed by atoms with Crippen molar-refractivity contribution in [3.63, 3.8) is 0 Å². The summed E-state index contributed by atoms with van der Waals surface area (Å²) in [6.07, 6.45) is -0.425. The van der Waals surface area contributed by atoms with Gasteiger partial charge >= 0.3 is 12.1 Å². The Kier molecular flexibility index (Phi) is 7.97. The van der Waals surface area contributed by atoms with Gasteiger partial charge in [0, 0.05) is 31.5 Å². The highest BCUT2D eigenvalue weighted by molar-refractivity contribution is 5.79. The Hall–Kier alpha value is -3.35. The van der Waals surface area contributed by atoms with Crippen molar-refractivity contribution in [3.8, 4) is 11.1 Å². The number of carbonyl (C=O) groups excluding carboxylic acids is 2. The van der Waals surface area contributed by atoms with Gasteiger partial charge in [-0.1, -0.05) is 62.4 Å². The van der Waals surface area contributed by atoms with Gasteiger partial charge in [0.1, 0.15) is 6.61 Å². The van der Waals surface area contributed by atoms with Gasteiger partial charge in [-0.25, -0.2) is 4.79 Å². The van der Waals surface area contributed by atoms with Crippen LogP contribution < -0.4 is 5.32 Å². The van der Waals surface area contributed by atoms with Crippen molar-refractivity contribution < 1.29 is 24.2 Å². The number of nitrogens with one attached hydrogen (secondary N) is 1. The summed E-state index contributed by atoms with van der Waals surface area (Å²) in [6.45, 7) is 8.18. The van der Waals surface area contributed by atoms with E-state index in [0.29, 0.717) is 0 Å². The quantitative estimate of drug-likeness (QED) is 0.531. The van der Waals surface area contributed by atoms with Gasteiger partial charge in [0.25, 0.3) is 0 Å². The predicted molar refractivity (Wildman–Crippen MR) is 131 cm³/mol. The zero-order chi connectivity index (χ0) is 24.9. The molecule has 0 atom stereocenters. The molecule has 0 fully saturated rings. The highest BCUT2D eigenvalue weighted by Crippen LogP contribution is 2.44. The topological polar surface area (TPSA) is 95.9 Å². The van der Waals surface area contributed by atoms with Crippen LogP contribution in [-0.2, 0) is 14.3 Å². The highest BCUT2D eigenvalue weighted by Gasteiger charge is 2.30. The first-order valence-corrected chi connectivity index (χ1v) is 11.7. The molecule has 34 heavy (non-hydrogen) atoms. The Labute approximate surface area is 201 Å². The van der Waals surface area contributed by atoms with Gasteiger partial charge in [0.15, 0.2) is 0 Å². The van der Waals surface area contributed by atoms with Crippen LogP contribution >= 0.6 is 0 Å². The standard InChI is InChI=1S/C27H34N2O5/c1-18(2)29(14-13-25(31)32)24(30)15-27(3,4)17-28-26(33)34-16-23-21-11-7-5-9-19(21)20-10-6-8-12-22(20)23/h5-12,18,23H,13-17H2,1-4H3,(H,28,33)(H,31,32). The van der Waals surface area contributed by atoms with Crippen LogP contribution in [0.1, 0.15) is 57.6 Å². The van der Waals surface area contributed by atoms with Crippen LogP contribution in [0.4, 0.5) is 4.79 Å². The molecule has 2 N–H and O–H groups in total. The van der Waals surface area contributed by atoms with Crippen LogP contribution in [0.5, 0.6) is 0 Å². The number of nitrogens with zero attached hydrogens (tertiary/aromatic N) is 1. The number of hydrogen-bond acceptors (Lipinski definition) is 4. The summed E-state index contributed by atoms with van der Waals surface area (Å²) in [5, 5.41) is 11.7. The summed E-state index contributed by atoms with van der Waals surface area (Å²) in [5.41, 5.74) is 4.13. The first kappa shape index (κ1) is 25.3. The monoisotopic (exact) mass is 466 g/mol. The van der Waals surface area contributed by atoms with Crippen molar-refractivity contribution in [2.75, 3.05) is 19.7 Å². The number of rotatable bonds is 10. The summed E-state index contributed by atoms with van der Waals surface area (Å²) in [5.74, 6) is -1.08. The third-order valence-electron chi connectivity index (χ3n) is 6.19. The van der Waals surface area contributed by atoms with E-state index in [4.69, 9.17) is 9.84 Å². The summed E-state index contributed by atoms with van der Waals surface area (Å²) in [7, 11) is 0. The zero-order valence-electron chi connectivity index (χ0n) is 20.3. The van der Waals surface area contributed by atoms with Crippen molar-refractivity contribution in [2.45, 2.75) is 52.5 Å². The number of carboxylic acid groups (broad SMARTS) is 1. The van der Waals surface area contributed by atoms with Crippen molar-refractivity contribution in [2.24, 2.45) is 5.41 Å². The van der Waals surface area contributed by atoms with Gasteiger partial charge in [0.05, 0.1) is 6.42 Å². The van der Waals surface area contributed by atoms with Gasteiger partial charge in [-0.3, -0.25) is 9.59 Å². The molecule has 2 amide bonds. The first-order chi connectivity index (χ1) is 16.1. The SMILES string of the molecule is CC(C)N(CCC(=O)O)C(=O)CC(C)(C)CNC(=O)OCC1c2ccccc2-c2ccccc21. The van der Waals surface area contributed by atoms with Crippen LogP contribution in [-0.4, -0.2) is 53.7 Å². The van der Waals surface area contributed by atoms with E-state index in [1.807, 2.05) is 52.0 Å². The molecule has 7 nitrogen and oxygen atoms in total. The number of benzene rings is 2. The second-order valence-corrected chi connectivity index (χ2v) is 9.84. The number of hydrogen-bond donors (Lipinski definition) is 2. The molecule has 0 saturated heterocycles. The van der Waals surface area contributed by atoms with E-state index in [-0.39, 0.29) is 50.4 Å². The lowest BCUT2D eigenvalue weighted by molar-refractivity contribution is -0.139. The van der Waals surface area contributed by atoms with Gasteiger partial charge in [-0.2, -0.15) is 0 Å². The minimum absolute atomic E-state index is 0.0124. The molecule has 0 bridgehead atoms. The van der Waals surface area contributed by atoms with Crippen LogP contribution in [0.15, 0.2) is 48.5 Å². The highest BCUT2D eigenvalue weighted by atomic mass is 16.5. The molecular weight excluding hydrogens is 432 g/mol. The lowest BCUT2D eigenvalue weighted by Gasteiger charge is -2.31. The molecular formula is C27H34N2O5. The van der Waals surface area contributed by atoms with E-state index >= 15 is 0 Å². The Morgan fingerprint density at radius 3 is 2.12 bits per heavy atom. The first-order valence-electron chi connectivity index (χ1n) is 11.7. The second-order valence-electron chi connectivity index (χ2n) is 9.84. The average molecular weight is 467 g/mol. The smallest absolute Gasteiger partial charge is 0.407 e. The van der Waals surface area contributed by atoms with E-state index in [1.54, 1.807) is 4.90 Å². The van der Waals surface area contributed by atoms with E-state index in [0.717, 1.165) is 11.1 Å². The molecule has 0 aromatic heterocycles. The van der Waals surface area contributed by atoms with Crippen molar-refractivity contribution in [1.82, 2.24) is 10.2 Å². The van der Waals surface area contributed by atoms with E-state index in [2.05, 4.69) is 29.6 Å². The normalized spacial score (nSPS) is 12.7. The molecule has 0 heterocycles. The van der Waals surface area contributed by atoms with E-state index in [9.17, 15) is 14.4 Å². The Balaban J connectivity index is 1.53. The number of ether oxygens (including phenoxy) is 1. The Bertz CT molecular complexity index is 1000. The molecule has 182 valence electrons. The molecule has 0 saturated carbocycles. The third kappa shape index (κ3) is 6.16. The minimum Gasteiger partial charge on any atom is -0.481 e. The Morgan fingerprint density at radius 2 is 1.59 bits per heavy atom. The molecule has 2 aromatic carbocycles. The van der Waals surface area contributed by atoms with Gasteiger partial charge in [0.2, 0.25) is 5.91 Å². The van der Waals surface area contributed by atoms with Gasteiger partial charge in [-0.15, -0.1) is 0 Å². The minimum atomic E-state index is -0.936. The van der Waals surface area contributed by atoms with E-state index in [1.165, 1.54) is 11.1 Å². The number of carboxylic acids is 1. The number of aliphatic carboxylic acids is 1. The zero-order valence-corrected chi connectivity index (χ0v) is 20.3. The number of alkyl carbamates (subject to hydrolysis) is 1. The van der Waals surface area contributed by atoms with Crippen LogP contribution in [0.2, 0.25) is 0 Å². The van der Waals surface area contributed by atoms with Crippen molar-refractivity contribution >= 4 is 18.0 Å². The molecule has 3 rings (SSSR count). The largest absolute Gasteiger partial charge is 0.481 e. The van der Waals surface area contributed by atoms with Crippen molar-refractivity contribution in [3.05, 3.63) is 59.7 Å². The molecule has 0 aliphatic heterocycles. The summed E-state index contributed by atoms with van der Waals surface area (Å²) < 4.78 is 5.58. The molecule has 1 aliphatic carbocycles. The lowest BCUT2D eigenvalue weighted by atomic mass is 9.88. The molecule has 0 unspecified atom stereocenters. The maximum absolute atomic E-state index is 12.8. The predicted octanol–water partition coefficient (Wildman–Crippen LogP) is 4.65. The summed E-state index contributed by atoms with van der Waals surface area (Å²) in [4.78, 5) is 37.7. The van der Waals surface area contributed by atoms with Crippen molar-refractivity contribution in [1.29, 1.82) is 0 Å². The number of fused-ring (bicyclic) bond motifs is 3. The molecule has 7 heteroatoms. The maximum atomic E-state index is 12.8. The fraction of sp³-hybridized carbons (Fsp3) is 0.444. The third-order valence-corrected chi connectivity index (χ3v) is 6.19. The van der Waals surface area contributed by atoms with Crippen LogP contribution in [0.3, 0.4) is 0 Å². The molecule has 0 spiro atoms. The summed E-state index contributed by atoms with van der Waals surface area (Å²) >= 11 is 0. The molecule has 0 radical (unpaired) electrons. The fourth-order valence-corrected chi connectivity index (χ4v) is 4.42. The average Bonchev–Trinajstić information content (AvgIpc) is 3.09. The van der Waals surface area contributed by atoms with Crippen LogP contribution in [0.25, 0.3) is 11.1 Å². The fourth-order valence-electron chi connectivity index (χ4n) is 4.42.